The minimum absolute atomic E-state index is 0.174. The van der Waals surface area contributed by atoms with Gasteiger partial charge in [-0.15, -0.1) is 0 Å². The van der Waals surface area contributed by atoms with Crippen molar-refractivity contribution in [1.29, 1.82) is 5.26 Å². The van der Waals surface area contributed by atoms with Crippen LogP contribution in [0.2, 0.25) is 0 Å². The summed E-state index contributed by atoms with van der Waals surface area (Å²) >= 11 is 0. The van der Waals surface area contributed by atoms with E-state index in [0.717, 1.165) is 30.9 Å². The monoisotopic (exact) mass is 266 g/mol. The Bertz CT molecular complexity index is 606. The Morgan fingerprint density at radius 1 is 1.25 bits per heavy atom. The molecule has 0 N–H and O–H groups in total. The van der Waals surface area contributed by atoms with E-state index in [1.54, 1.807) is 24.7 Å². The first kappa shape index (κ1) is 12.4. The quantitative estimate of drug-likeness (QED) is 0.850. The molecule has 1 fully saturated rings. The number of aromatic nitrogens is 2. The second-order valence-electron chi connectivity index (χ2n) is 4.67. The maximum Gasteiger partial charge on any atom is 0.140 e. The van der Waals surface area contributed by atoms with Gasteiger partial charge in [0.25, 0.3) is 0 Å². The molecule has 0 unspecified atom stereocenters. The van der Waals surface area contributed by atoms with Crippen molar-refractivity contribution in [3.8, 4) is 11.8 Å². The Kier molecular flexibility index (Phi) is 3.46. The van der Waals surface area contributed by atoms with Gasteiger partial charge in [-0.2, -0.15) is 5.26 Å². The molecule has 1 aliphatic heterocycles. The van der Waals surface area contributed by atoms with Gasteiger partial charge in [0.15, 0.2) is 0 Å². The fraction of sp³-hybridized carbons (Fsp3) is 0.267. The topological polar surface area (TPSA) is 62.0 Å². The van der Waals surface area contributed by atoms with Crippen molar-refractivity contribution in [3.63, 3.8) is 0 Å². The van der Waals surface area contributed by atoms with Crippen molar-refractivity contribution in [2.24, 2.45) is 0 Å². The molecule has 0 aliphatic carbocycles. The Balaban J connectivity index is 1.63. The van der Waals surface area contributed by atoms with E-state index in [9.17, 15) is 0 Å². The van der Waals surface area contributed by atoms with Crippen LogP contribution in [0.15, 0.2) is 42.9 Å². The lowest BCUT2D eigenvalue weighted by atomic mass is 10.3. The van der Waals surface area contributed by atoms with Crippen LogP contribution < -0.4 is 9.64 Å². The van der Waals surface area contributed by atoms with Gasteiger partial charge in [-0.05, 0) is 24.3 Å². The van der Waals surface area contributed by atoms with E-state index < -0.39 is 0 Å². The van der Waals surface area contributed by atoms with E-state index in [1.165, 1.54) is 0 Å². The molecule has 1 saturated heterocycles. The SMILES string of the molecule is N#Cc1ccc(N2CC[C@@H](Oc3ccncc3)C2)cn1. The number of hydrogen-bond donors (Lipinski definition) is 0. The van der Waals surface area contributed by atoms with E-state index in [4.69, 9.17) is 10.00 Å². The standard InChI is InChI=1S/C15H14N4O/c16-9-12-1-2-13(10-18-12)19-8-5-15(11-19)20-14-3-6-17-7-4-14/h1-4,6-7,10,15H,5,8,11H2/t15-/m1/s1. The molecule has 5 nitrogen and oxygen atoms in total. The lowest BCUT2D eigenvalue weighted by Crippen LogP contribution is -2.24. The zero-order valence-electron chi connectivity index (χ0n) is 10.9. The zero-order chi connectivity index (χ0) is 13.8. The van der Waals surface area contributed by atoms with E-state index in [0.29, 0.717) is 5.69 Å². The summed E-state index contributed by atoms with van der Waals surface area (Å²) in [5.74, 6) is 0.852. The largest absolute Gasteiger partial charge is 0.488 e. The van der Waals surface area contributed by atoms with Crippen LogP contribution in [0.1, 0.15) is 12.1 Å². The summed E-state index contributed by atoms with van der Waals surface area (Å²) in [6.07, 6.45) is 6.35. The van der Waals surface area contributed by atoms with Crippen molar-refractivity contribution in [2.75, 3.05) is 18.0 Å². The number of anilines is 1. The Labute approximate surface area is 117 Å². The van der Waals surface area contributed by atoms with Gasteiger partial charge in [0.2, 0.25) is 0 Å². The molecule has 2 aromatic rings. The number of nitriles is 1. The highest BCUT2D eigenvalue weighted by molar-refractivity contribution is 5.47. The number of nitrogens with zero attached hydrogens (tertiary/aromatic N) is 4. The van der Waals surface area contributed by atoms with Crippen LogP contribution in [0.5, 0.6) is 5.75 Å². The summed E-state index contributed by atoms with van der Waals surface area (Å²) < 4.78 is 5.92. The van der Waals surface area contributed by atoms with Crippen molar-refractivity contribution in [1.82, 2.24) is 9.97 Å². The fourth-order valence-electron chi connectivity index (χ4n) is 2.31. The maximum atomic E-state index is 8.75. The third-order valence-corrected chi connectivity index (χ3v) is 3.33. The van der Waals surface area contributed by atoms with Crippen molar-refractivity contribution in [2.45, 2.75) is 12.5 Å². The Morgan fingerprint density at radius 2 is 2.10 bits per heavy atom. The predicted molar refractivity (Wildman–Crippen MR) is 74.4 cm³/mol. The van der Waals surface area contributed by atoms with Crippen molar-refractivity contribution in [3.05, 3.63) is 48.5 Å². The number of hydrogen-bond acceptors (Lipinski definition) is 5. The zero-order valence-corrected chi connectivity index (χ0v) is 10.9. The Hall–Kier alpha value is -2.61. The first-order valence-corrected chi connectivity index (χ1v) is 6.53. The molecule has 2 aromatic heterocycles. The molecular weight excluding hydrogens is 252 g/mol. The van der Waals surface area contributed by atoms with Crippen LogP contribution in [0, 0.1) is 11.3 Å². The van der Waals surface area contributed by atoms with Crippen molar-refractivity contribution >= 4 is 5.69 Å². The molecule has 0 spiro atoms. The van der Waals surface area contributed by atoms with Gasteiger partial charge in [-0.3, -0.25) is 4.98 Å². The van der Waals surface area contributed by atoms with Gasteiger partial charge in [0.05, 0.1) is 18.4 Å². The van der Waals surface area contributed by atoms with Crippen LogP contribution in [-0.4, -0.2) is 29.2 Å². The minimum Gasteiger partial charge on any atom is -0.488 e. The van der Waals surface area contributed by atoms with Crippen LogP contribution in [-0.2, 0) is 0 Å². The molecule has 0 amide bonds. The minimum atomic E-state index is 0.174. The van der Waals surface area contributed by atoms with Gasteiger partial charge in [0.1, 0.15) is 23.6 Å². The highest BCUT2D eigenvalue weighted by Gasteiger charge is 2.24. The molecule has 1 atom stereocenters. The van der Waals surface area contributed by atoms with E-state index in [-0.39, 0.29) is 6.10 Å². The summed E-state index contributed by atoms with van der Waals surface area (Å²) in [6.45, 7) is 1.76. The average Bonchev–Trinajstić information content (AvgIpc) is 2.97. The third kappa shape index (κ3) is 2.69. The van der Waals surface area contributed by atoms with Crippen LogP contribution >= 0.6 is 0 Å². The molecular formula is C15H14N4O. The van der Waals surface area contributed by atoms with Gasteiger partial charge in [0, 0.05) is 25.4 Å². The summed E-state index contributed by atoms with van der Waals surface area (Å²) in [7, 11) is 0. The van der Waals surface area contributed by atoms with E-state index in [1.807, 2.05) is 24.3 Å². The van der Waals surface area contributed by atoms with E-state index in [2.05, 4.69) is 14.9 Å². The molecule has 0 radical (unpaired) electrons. The Morgan fingerprint density at radius 3 is 2.80 bits per heavy atom. The molecule has 3 heterocycles. The number of pyridine rings is 2. The summed E-state index contributed by atoms with van der Waals surface area (Å²) in [5, 5.41) is 8.75. The van der Waals surface area contributed by atoms with Gasteiger partial charge < -0.3 is 9.64 Å². The first-order chi connectivity index (χ1) is 9.85. The second-order valence-corrected chi connectivity index (χ2v) is 4.67. The molecule has 5 heteroatoms. The van der Waals surface area contributed by atoms with E-state index >= 15 is 0 Å². The lowest BCUT2D eigenvalue weighted by Gasteiger charge is -2.18. The van der Waals surface area contributed by atoms with Gasteiger partial charge in [-0.25, -0.2) is 4.98 Å². The molecule has 0 aromatic carbocycles. The van der Waals surface area contributed by atoms with Crippen molar-refractivity contribution < 1.29 is 4.74 Å². The molecule has 1 aliphatic rings. The summed E-state index contributed by atoms with van der Waals surface area (Å²) in [5.41, 5.74) is 1.47. The lowest BCUT2D eigenvalue weighted by molar-refractivity contribution is 0.224. The van der Waals surface area contributed by atoms with Crippen LogP contribution in [0.3, 0.4) is 0 Å². The van der Waals surface area contributed by atoms with Gasteiger partial charge >= 0.3 is 0 Å². The van der Waals surface area contributed by atoms with Crippen LogP contribution in [0.4, 0.5) is 5.69 Å². The normalized spacial score (nSPS) is 17.8. The molecule has 3 rings (SSSR count). The predicted octanol–water partition coefficient (Wildman–Crippen LogP) is 2.01. The third-order valence-electron chi connectivity index (χ3n) is 3.33. The second kappa shape index (κ2) is 5.57. The fourth-order valence-corrected chi connectivity index (χ4v) is 2.31. The maximum absolute atomic E-state index is 8.75. The highest BCUT2D eigenvalue weighted by Crippen LogP contribution is 2.22. The smallest absolute Gasteiger partial charge is 0.140 e. The number of ether oxygens (including phenoxy) is 1. The van der Waals surface area contributed by atoms with Gasteiger partial charge in [-0.1, -0.05) is 0 Å². The van der Waals surface area contributed by atoms with Crippen LogP contribution in [0.25, 0.3) is 0 Å². The molecule has 20 heavy (non-hydrogen) atoms. The number of rotatable bonds is 3. The molecule has 0 bridgehead atoms. The highest BCUT2D eigenvalue weighted by atomic mass is 16.5. The summed E-state index contributed by atoms with van der Waals surface area (Å²) in [4.78, 5) is 10.3. The first-order valence-electron chi connectivity index (χ1n) is 6.53. The average molecular weight is 266 g/mol. The molecule has 100 valence electrons. The molecule has 0 saturated carbocycles. The summed E-state index contributed by atoms with van der Waals surface area (Å²) in [6, 6.07) is 9.43.